The molecule has 3 heteroatoms. The number of thioether (sulfide) groups is 1. The Morgan fingerprint density at radius 1 is 0.968 bits per heavy atom. The molecule has 172 valence electrons. The fraction of sp³-hybridized carbons (Fsp3) is 0.571. The minimum Gasteiger partial charge on any atom is -0.508 e. The van der Waals surface area contributed by atoms with Crippen molar-refractivity contribution in [3.63, 3.8) is 0 Å². The Kier molecular flexibility index (Phi) is 10.9. The highest BCUT2D eigenvalue weighted by Crippen LogP contribution is 2.48. The number of rotatable bonds is 7. The molecule has 5 atom stereocenters. The lowest BCUT2D eigenvalue weighted by molar-refractivity contribution is 0.183. The van der Waals surface area contributed by atoms with Crippen LogP contribution in [-0.2, 0) is 12.8 Å². The number of aromatic hydroxyl groups is 1. The third-order valence-electron chi connectivity index (χ3n) is 7.29. The van der Waals surface area contributed by atoms with Crippen molar-refractivity contribution in [3.8, 4) is 5.75 Å². The molecule has 0 amide bonds. The fourth-order valence-corrected chi connectivity index (χ4v) is 6.69. The van der Waals surface area contributed by atoms with Crippen LogP contribution in [0.2, 0.25) is 0 Å². The van der Waals surface area contributed by atoms with Crippen LogP contribution >= 0.6 is 24.4 Å². The lowest BCUT2D eigenvalue weighted by Gasteiger charge is -2.44. The molecule has 0 aliphatic heterocycles. The molecule has 0 bridgehead atoms. The fourth-order valence-electron chi connectivity index (χ4n) is 5.33. The van der Waals surface area contributed by atoms with Gasteiger partial charge in [0.05, 0.1) is 0 Å². The summed E-state index contributed by atoms with van der Waals surface area (Å²) < 4.78 is 0. The summed E-state index contributed by atoms with van der Waals surface area (Å²) in [7, 11) is 0. The molecule has 3 rings (SSSR count). The SMILES string of the molecule is CCCc1ccc(Cc2cc(C3CC(CC)C(SC)C(C)C3C)ccc2O)cc1.CS. The topological polar surface area (TPSA) is 20.2 Å². The average molecular weight is 459 g/mol. The molecule has 1 saturated carbocycles. The number of hydrogen-bond acceptors (Lipinski definition) is 3. The van der Waals surface area contributed by atoms with Gasteiger partial charge in [-0.3, -0.25) is 0 Å². The van der Waals surface area contributed by atoms with E-state index in [2.05, 4.69) is 94.7 Å². The van der Waals surface area contributed by atoms with E-state index < -0.39 is 0 Å². The zero-order valence-electron chi connectivity index (χ0n) is 20.3. The van der Waals surface area contributed by atoms with E-state index in [1.165, 1.54) is 36.0 Å². The zero-order chi connectivity index (χ0) is 23.0. The van der Waals surface area contributed by atoms with E-state index in [0.29, 0.717) is 17.6 Å². The molecule has 2 aromatic carbocycles. The first kappa shape index (κ1) is 26.2. The van der Waals surface area contributed by atoms with Gasteiger partial charge >= 0.3 is 0 Å². The van der Waals surface area contributed by atoms with Gasteiger partial charge in [0.15, 0.2) is 0 Å². The molecular weight excluding hydrogens is 416 g/mol. The van der Waals surface area contributed by atoms with Gasteiger partial charge in [-0.15, -0.1) is 0 Å². The minimum absolute atomic E-state index is 0.428. The largest absolute Gasteiger partial charge is 0.508 e. The second-order valence-corrected chi connectivity index (χ2v) is 10.1. The molecule has 1 aliphatic carbocycles. The summed E-state index contributed by atoms with van der Waals surface area (Å²) in [6.07, 6.45) is 9.61. The van der Waals surface area contributed by atoms with Crippen molar-refractivity contribution >= 4 is 24.4 Å². The first-order valence-corrected chi connectivity index (χ1v) is 14.0. The van der Waals surface area contributed by atoms with Crippen LogP contribution in [0, 0.1) is 17.8 Å². The van der Waals surface area contributed by atoms with Gasteiger partial charge in [-0.25, -0.2) is 0 Å². The van der Waals surface area contributed by atoms with Gasteiger partial charge in [0, 0.05) is 11.7 Å². The highest BCUT2D eigenvalue weighted by atomic mass is 32.2. The van der Waals surface area contributed by atoms with Crippen molar-refractivity contribution < 1.29 is 5.11 Å². The van der Waals surface area contributed by atoms with Crippen LogP contribution in [0.5, 0.6) is 5.75 Å². The third-order valence-corrected chi connectivity index (χ3v) is 8.65. The lowest BCUT2D eigenvalue weighted by Crippen LogP contribution is -2.38. The second-order valence-electron chi connectivity index (χ2n) is 9.06. The molecule has 0 saturated heterocycles. The van der Waals surface area contributed by atoms with Crippen LogP contribution in [0.4, 0.5) is 0 Å². The van der Waals surface area contributed by atoms with E-state index in [0.717, 1.165) is 35.5 Å². The number of thiol groups is 1. The van der Waals surface area contributed by atoms with Gasteiger partial charge in [-0.05, 0) is 77.3 Å². The molecular formula is C28H42OS2. The van der Waals surface area contributed by atoms with Gasteiger partial charge in [-0.2, -0.15) is 24.4 Å². The quantitative estimate of drug-likeness (QED) is 0.410. The summed E-state index contributed by atoms with van der Waals surface area (Å²) in [5.74, 6) is 3.18. The Morgan fingerprint density at radius 2 is 1.61 bits per heavy atom. The summed E-state index contributed by atoms with van der Waals surface area (Å²) in [6, 6.07) is 15.3. The highest BCUT2D eigenvalue weighted by molar-refractivity contribution is 7.99. The Balaban J connectivity index is 0.00000166. The van der Waals surface area contributed by atoms with Gasteiger partial charge in [0.2, 0.25) is 0 Å². The van der Waals surface area contributed by atoms with Crippen LogP contribution in [0.15, 0.2) is 42.5 Å². The second kappa shape index (κ2) is 12.8. The third kappa shape index (κ3) is 6.48. The lowest BCUT2D eigenvalue weighted by atomic mass is 9.66. The summed E-state index contributed by atoms with van der Waals surface area (Å²) in [6.45, 7) is 9.44. The summed E-state index contributed by atoms with van der Waals surface area (Å²) in [5.41, 5.74) is 5.15. The molecule has 31 heavy (non-hydrogen) atoms. The van der Waals surface area contributed by atoms with E-state index in [-0.39, 0.29) is 0 Å². The Labute approximate surface area is 200 Å². The van der Waals surface area contributed by atoms with Crippen molar-refractivity contribution in [3.05, 3.63) is 64.7 Å². The molecule has 0 radical (unpaired) electrons. The first-order chi connectivity index (χ1) is 15.0. The standard InChI is InChI=1S/C27H38OS.CH4S/c1-6-8-20-9-11-21(12-10-20)15-24-16-23(13-14-26(24)28)25-17-22(7-2)27(29-5)19(4)18(25)3;1-2/h9-14,16,18-19,22,25,27-28H,6-8,15,17H2,1-5H3;2H,1H3. The molecule has 0 spiro atoms. The molecule has 0 heterocycles. The minimum atomic E-state index is 0.428. The summed E-state index contributed by atoms with van der Waals surface area (Å²) in [4.78, 5) is 0. The van der Waals surface area contributed by atoms with Gasteiger partial charge in [-0.1, -0.05) is 76.9 Å². The zero-order valence-corrected chi connectivity index (χ0v) is 22.0. The summed E-state index contributed by atoms with van der Waals surface area (Å²) >= 11 is 5.59. The molecule has 5 unspecified atom stereocenters. The number of phenolic OH excluding ortho intramolecular Hbond substituents is 1. The Hall–Kier alpha value is -1.06. The molecule has 2 aromatic rings. The van der Waals surface area contributed by atoms with Crippen molar-refractivity contribution in [2.75, 3.05) is 12.5 Å². The first-order valence-electron chi connectivity index (χ1n) is 11.9. The van der Waals surface area contributed by atoms with E-state index in [9.17, 15) is 5.11 Å². The molecule has 0 aromatic heterocycles. The Bertz CT molecular complexity index is 784. The molecule has 1 fully saturated rings. The molecule has 1 nitrogen and oxygen atoms in total. The smallest absolute Gasteiger partial charge is 0.119 e. The maximum absolute atomic E-state index is 10.5. The van der Waals surface area contributed by atoms with Crippen LogP contribution in [-0.4, -0.2) is 22.9 Å². The van der Waals surface area contributed by atoms with Crippen LogP contribution in [0.1, 0.15) is 75.1 Å². The van der Waals surface area contributed by atoms with E-state index in [1.54, 1.807) is 6.26 Å². The van der Waals surface area contributed by atoms with Crippen molar-refractivity contribution in [2.24, 2.45) is 17.8 Å². The van der Waals surface area contributed by atoms with E-state index >= 15 is 0 Å². The number of hydrogen-bond donors (Lipinski definition) is 2. The normalized spacial score (nSPS) is 25.6. The summed E-state index contributed by atoms with van der Waals surface area (Å²) in [5, 5.41) is 11.3. The monoisotopic (exact) mass is 458 g/mol. The van der Waals surface area contributed by atoms with E-state index in [1.807, 2.05) is 6.07 Å². The van der Waals surface area contributed by atoms with Crippen molar-refractivity contribution in [1.82, 2.24) is 0 Å². The van der Waals surface area contributed by atoms with Crippen molar-refractivity contribution in [1.29, 1.82) is 0 Å². The highest BCUT2D eigenvalue weighted by Gasteiger charge is 2.39. The Morgan fingerprint density at radius 3 is 2.19 bits per heavy atom. The predicted octanol–water partition coefficient (Wildman–Crippen LogP) is 8.00. The predicted molar refractivity (Wildman–Crippen MR) is 143 cm³/mol. The number of aryl methyl sites for hydroxylation is 1. The van der Waals surface area contributed by atoms with Gasteiger partial charge < -0.3 is 5.11 Å². The maximum atomic E-state index is 10.5. The average Bonchev–Trinajstić information content (AvgIpc) is 2.80. The van der Waals surface area contributed by atoms with Gasteiger partial charge in [0.1, 0.15) is 5.75 Å². The van der Waals surface area contributed by atoms with E-state index in [4.69, 9.17) is 0 Å². The van der Waals surface area contributed by atoms with Crippen LogP contribution < -0.4 is 0 Å². The molecule has 1 N–H and O–H groups in total. The van der Waals surface area contributed by atoms with Crippen molar-refractivity contribution in [2.45, 2.75) is 71.0 Å². The van der Waals surface area contributed by atoms with Crippen LogP contribution in [0.25, 0.3) is 0 Å². The van der Waals surface area contributed by atoms with Crippen LogP contribution in [0.3, 0.4) is 0 Å². The number of benzene rings is 2. The van der Waals surface area contributed by atoms with Gasteiger partial charge in [0.25, 0.3) is 0 Å². The molecule has 1 aliphatic rings. The number of phenols is 1. The maximum Gasteiger partial charge on any atom is 0.119 e.